The maximum atomic E-state index is 12.8. The summed E-state index contributed by atoms with van der Waals surface area (Å²) < 4.78 is 33.5. The highest BCUT2D eigenvalue weighted by atomic mass is 35.5. The topological polar surface area (TPSA) is 85.4 Å². The Balaban J connectivity index is 1.80. The zero-order valence-electron chi connectivity index (χ0n) is 16.3. The lowest BCUT2D eigenvalue weighted by molar-refractivity contribution is -0.148. The summed E-state index contributed by atoms with van der Waals surface area (Å²) in [6, 6.07) is 12.5. The van der Waals surface area contributed by atoms with E-state index >= 15 is 0 Å². The van der Waals surface area contributed by atoms with Gasteiger partial charge in [-0.1, -0.05) is 67.4 Å². The first-order valence-electron chi connectivity index (χ1n) is 9.16. The molecule has 6 nitrogen and oxygen atoms in total. The van der Waals surface area contributed by atoms with E-state index in [1.54, 1.807) is 26.1 Å². The fourth-order valence-electron chi connectivity index (χ4n) is 2.94. The summed E-state index contributed by atoms with van der Waals surface area (Å²) in [6.45, 7) is 3.38. The molecule has 0 saturated carbocycles. The highest BCUT2D eigenvalue weighted by molar-refractivity contribution is 7.89. The molecular weight excluding hydrogens is 447 g/mol. The van der Waals surface area contributed by atoms with E-state index in [9.17, 15) is 13.2 Å². The number of nitrogens with zero attached hydrogens (tertiary/aromatic N) is 1. The van der Waals surface area contributed by atoms with E-state index in [2.05, 4.69) is 9.71 Å². The van der Waals surface area contributed by atoms with Crippen molar-refractivity contribution in [3.8, 4) is 0 Å². The number of hydrogen-bond acceptors (Lipinski definition) is 5. The molecule has 0 aliphatic carbocycles. The fourth-order valence-corrected chi connectivity index (χ4v) is 5.42. The van der Waals surface area contributed by atoms with Crippen LogP contribution in [0.1, 0.15) is 19.4 Å². The first-order valence-corrected chi connectivity index (χ1v) is 11.4. The summed E-state index contributed by atoms with van der Waals surface area (Å²) >= 11 is 12.1. The Kier molecular flexibility index (Phi) is 6.98. The van der Waals surface area contributed by atoms with Crippen LogP contribution in [0.25, 0.3) is 10.9 Å². The van der Waals surface area contributed by atoms with Gasteiger partial charge in [-0.3, -0.25) is 9.78 Å². The largest absolute Gasteiger partial charge is 0.460 e. The number of para-hydroxylation sites is 1. The number of esters is 1. The summed E-state index contributed by atoms with van der Waals surface area (Å²) in [5.74, 6) is -1.08. The molecule has 158 valence electrons. The van der Waals surface area contributed by atoms with Gasteiger partial charge in [0.25, 0.3) is 0 Å². The third-order valence-electron chi connectivity index (χ3n) is 4.48. The van der Waals surface area contributed by atoms with Crippen LogP contribution in [0.4, 0.5) is 0 Å². The second-order valence-corrected chi connectivity index (χ2v) is 9.46. The van der Waals surface area contributed by atoms with Crippen LogP contribution < -0.4 is 4.72 Å². The Morgan fingerprint density at radius 3 is 2.37 bits per heavy atom. The van der Waals surface area contributed by atoms with Gasteiger partial charge in [-0.15, -0.1) is 0 Å². The molecular formula is C21H20Cl2N2O4S. The minimum Gasteiger partial charge on any atom is -0.460 e. The predicted molar refractivity (Wildman–Crippen MR) is 117 cm³/mol. The SMILES string of the molecule is CC(C)C(NS(=O)(=O)c1c(Cl)cccc1Cl)C(=O)OCc1cccc2cccnc12. The number of halogens is 2. The number of sulfonamides is 1. The third kappa shape index (κ3) is 4.92. The van der Waals surface area contributed by atoms with Gasteiger partial charge in [-0.2, -0.15) is 4.72 Å². The zero-order valence-corrected chi connectivity index (χ0v) is 18.6. The smallest absolute Gasteiger partial charge is 0.324 e. The maximum Gasteiger partial charge on any atom is 0.324 e. The highest BCUT2D eigenvalue weighted by Gasteiger charge is 2.32. The van der Waals surface area contributed by atoms with Crippen molar-refractivity contribution < 1.29 is 17.9 Å². The molecule has 0 aliphatic heterocycles. The molecule has 0 bridgehead atoms. The van der Waals surface area contributed by atoms with Crippen molar-refractivity contribution >= 4 is 50.1 Å². The zero-order chi connectivity index (χ0) is 21.9. The molecule has 0 amide bonds. The minimum absolute atomic E-state index is 0.0345. The van der Waals surface area contributed by atoms with Crippen molar-refractivity contribution in [2.24, 2.45) is 5.92 Å². The van der Waals surface area contributed by atoms with Gasteiger partial charge < -0.3 is 4.74 Å². The van der Waals surface area contributed by atoms with E-state index in [-0.39, 0.29) is 27.5 Å². The molecule has 0 saturated heterocycles. The Morgan fingerprint density at radius 2 is 1.70 bits per heavy atom. The molecule has 3 rings (SSSR count). The molecule has 9 heteroatoms. The van der Waals surface area contributed by atoms with Crippen LogP contribution in [0.15, 0.2) is 59.6 Å². The van der Waals surface area contributed by atoms with E-state index in [0.717, 1.165) is 16.5 Å². The quantitative estimate of drug-likeness (QED) is 0.514. The highest BCUT2D eigenvalue weighted by Crippen LogP contribution is 2.29. The number of pyridine rings is 1. The van der Waals surface area contributed by atoms with Gasteiger partial charge in [0.15, 0.2) is 0 Å². The standard InChI is InChI=1S/C21H20Cl2N2O4S/c1-13(2)18(25-30(27,28)20-16(22)9-4-10-17(20)23)21(26)29-12-15-7-3-6-14-8-5-11-24-19(14)15/h3-11,13,18,25H,12H2,1-2H3. The summed E-state index contributed by atoms with van der Waals surface area (Å²) in [5, 5.41) is 0.848. The summed E-state index contributed by atoms with van der Waals surface area (Å²) in [7, 11) is -4.16. The van der Waals surface area contributed by atoms with Gasteiger partial charge in [-0.05, 0) is 24.1 Å². The monoisotopic (exact) mass is 466 g/mol. The van der Waals surface area contributed by atoms with Crippen molar-refractivity contribution in [2.75, 3.05) is 0 Å². The van der Waals surface area contributed by atoms with Crippen LogP contribution in [0.5, 0.6) is 0 Å². The summed E-state index contributed by atoms with van der Waals surface area (Å²) in [5.41, 5.74) is 1.44. The number of rotatable bonds is 7. The second kappa shape index (κ2) is 9.31. The second-order valence-electron chi connectivity index (χ2n) is 6.99. The average molecular weight is 467 g/mol. The van der Waals surface area contributed by atoms with Crippen molar-refractivity contribution in [2.45, 2.75) is 31.4 Å². The molecule has 30 heavy (non-hydrogen) atoms. The number of carbonyl (C=O) groups is 1. The van der Waals surface area contributed by atoms with E-state index < -0.39 is 22.0 Å². The van der Waals surface area contributed by atoms with E-state index in [0.29, 0.717) is 0 Å². The number of hydrogen-bond donors (Lipinski definition) is 1. The number of ether oxygens (including phenoxy) is 1. The lowest BCUT2D eigenvalue weighted by Gasteiger charge is -2.21. The van der Waals surface area contributed by atoms with E-state index in [4.69, 9.17) is 27.9 Å². The van der Waals surface area contributed by atoms with Crippen LogP contribution in [0, 0.1) is 5.92 Å². The lowest BCUT2D eigenvalue weighted by Crippen LogP contribution is -2.45. The predicted octanol–water partition coefficient (Wildman–Crippen LogP) is 4.59. The Morgan fingerprint density at radius 1 is 1.07 bits per heavy atom. The number of fused-ring (bicyclic) bond motifs is 1. The Hall–Kier alpha value is -2.19. The molecule has 1 atom stereocenters. The normalized spacial score (nSPS) is 12.8. The Bertz CT molecular complexity index is 1160. The van der Waals surface area contributed by atoms with E-state index in [1.165, 1.54) is 18.2 Å². The van der Waals surface area contributed by atoms with Crippen molar-refractivity contribution in [1.29, 1.82) is 0 Å². The molecule has 1 unspecified atom stereocenters. The number of nitrogens with one attached hydrogen (secondary N) is 1. The first kappa shape index (κ1) is 22.5. The van der Waals surface area contributed by atoms with Gasteiger partial charge in [0.1, 0.15) is 17.5 Å². The molecule has 0 fully saturated rings. The van der Waals surface area contributed by atoms with Gasteiger partial charge >= 0.3 is 5.97 Å². The van der Waals surface area contributed by atoms with E-state index in [1.807, 2.05) is 24.3 Å². The Labute approximate surface area is 185 Å². The molecule has 1 heterocycles. The van der Waals surface area contributed by atoms with Crippen LogP contribution in [-0.2, 0) is 26.2 Å². The van der Waals surface area contributed by atoms with Gasteiger partial charge in [0, 0.05) is 17.1 Å². The fraction of sp³-hybridized carbons (Fsp3) is 0.238. The number of carbonyl (C=O) groups excluding carboxylic acids is 1. The maximum absolute atomic E-state index is 12.8. The number of benzene rings is 2. The summed E-state index contributed by atoms with van der Waals surface area (Å²) in [4.78, 5) is 16.8. The van der Waals surface area contributed by atoms with Crippen LogP contribution in [-0.4, -0.2) is 25.4 Å². The minimum atomic E-state index is -4.16. The molecule has 3 aromatic rings. The molecule has 0 radical (unpaired) electrons. The third-order valence-corrected chi connectivity index (χ3v) is 6.87. The number of aromatic nitrogens is 1. The van der Waals surface area contributed by atoms with Gasteiger partial charge in [-0.25, -0.2) is 8.42 Å². The molecule has 1 aromatic heterocycles. The molecule has 2 aromatic carbocycles. The summed E-state index contributed by atoms with van der Waals surface area (Å²) in [6.07, 6.45) is 1.66. The first-order chi connectivity index (χ1) is 14.2. The van der Waals surface area contributed by atoms with Crippen molar-refractivity contribution in [1.82, 2.24) is 9.71 Å². The van der Waals surface area contributed by atoms with Gasteiger partial charge in [0.2, 0.25) is 10.0 Å². The van der Waals surface area contributed by atoms with Crippen molar-refractivity contribution in [3.63, 3.8) is 0 Å². The van der Waals surface area contributed by atoms with Gasteiger partial charge in [0.05, 0.1) is 15.6 Å². The molecule has 0 aliphatic rings. The average Bonchev–Trinajstić information content (AvgIpc) is 2.69. The van der Waals surface area contributed by atoms with Crippen LogP contribution >= 0.6 is 23.2 Å². The van der Waals surface area contributed by atoms with Crippen molar-refractivity contribution in [3.05, 3.63) is 70.3 Å². The lowest BCUT2D eigenvalue weighted by atomic mass is 10.1. The molecule has 0 spiro atoms. The van der Waals surface area contributed by atoms with Crippen LogP contribution in [0.3, 0.4) is 0 Å². The van der Waals surface area contributed by atoms with Crippen LogP contribution in [0.2, 0.25) is 10.0 Å². The molecule has 1 N–H and O–H groups in total.